The monoisotopic (exact) mass is 238 g/mol. The molecular formula is C10H14N4O3. The lowest BCUT2D eigenvalue weighted by atomic mass is 10.4. The molecule has 0 aliphatic heterocycles. The maximum Gasteiger partial charge on any atom is 0.358 e. The van der Waals surface area contributed by atoms with Crippen LogP contribution in [-0.4, -0.2) is 38.5 Å². The predicted octanol–water partition coefficient (Wildman–Crippen LogP) is 0.0587. The molecule has 0 unspecified atom stereocenters. The number of amides is 1. The first-order valence-electron chi connectivity index (χ1n) is 5.14. The van der Waals surface area contributed by atoms with Crippen molar-refractivity contribution in [3.63, 3.8) is 0 Å². The van der Waals surface area contributed by atoms with Gasteiger partial charge in [-0.25, -0.2) is 9.48 Å². The molecule has 17 heavy (non-hydrogen) atoms. The van der Waals surface area contributed by atoms with E-state index in [1.165, 1.54) is 10.9 Å². The summed E-state index contributed by atoms with van der Waals surface area (Å²) in [6, 6.07) is 0. The molecule has 0 spiro atoms. The maximum absolute atomic E-state index is 11.4. The van der Waals surface area contributed by atoms with Crippen molar-refractivity contribution in [1.29, 1.82) is 0 Å². The third-order valence-electron chi connectivity index (χ3n) is 1.93. The fourth-order valence-corrected chi connectivity index (χ4v) is 1.14. The minimum Gasteiger partial charge on any atom is -0.476 e. The maximum atomic E-state index is 11.4. The molecule has 1 amide bonds. The normalized spacial score (nSPS) is 10.6. The van der Waals surface area contributed by atoms with Gasteiger partial charge in [-0.15, -0.1) is 5.10 Å². The van der Waals surface area contributed by atoms with Gasteiger partial charge in [-0.2, -0.15) is 0 Å². The Kier molecular flexibility index (Phi) is 4.86. The van der Waals surface area contributed by atoms with Gasteiger partial charge in [-0.05, 0) is 13.3 Å². The highest BCUT2D eigenvalue weighted by molar-refractivity contribution is 5.84. The number of carboxylic acid groups (broad SMARTS) is 1. The summed E-state index contributed by atoms with van der Waals surface area (Å²) >= 11 is 0. The third kappa shape index (κ3) is 4.45. The number of carboxylic acids is 1. The number of nitrogens with zero attached hydrogens (tertiary/aromatic N) is 3. The SMILES string of the molecule is C/C=C/CCNC(=O)Cn1cc(C(=O)O)nn1. The number of carbonyl (C=O) groups excluding carboxylic acids is 1. The molecule has 1 aromatic rings. The Hall–Kier alpha value is -2.18. The van der Waals surface area contributed by atoms with Gasteiger partial charge in [-0.1, -0.05) is 17.4 Å². The summed E-state index contributed by atoms with van der Waals surface area (Å²) in [5.74, 6) is -1.39. The Morgan fingerprint density at radius 3 is 2.94 bits per heavy atom. The van der Waals surface area contributed by atoms with Crippen LogP contribution in [0, 0.1) is 0 Å². The number of aromatic nitrogens is 3. The van der Waals surface area contributed by atoms with Crippen molar-refractivity contribution in [2.75, 3.05) is 6.54 Å². The highest BCUT2D eigenvalue weighted by atomic mass is 16.4. The first-order chi connectivity index (χ1) is 8.13. The van der Waals surface area contributed by atoms with Crippen molar-refractivity contribution in [2.45, 2.75) is 19.9 Å². The smallest absolute Gasteiger partial charge is 0.358 e. The van der Waals surface area contributed by atoms with E-state index in [1.54, 1.807) is 0 Å². The zero-order valence-electron chi connectivity index (χ0n) is 9.46. The van der Waals surface area contributed by atoms with Crippen molar-refractivity contribution >= 4 is 11.9 Å². The number of hydrogen-bond acceptors (Lipinski definition) is 4. The molecule has 0 aliphatic rings. The number of rotatable bonds is 6. The van der Waals surface area contributed by atoms with Gasteiger partial charge < -0.3 is 10.4 Å². The second-order valence-electron chi connectivity index (χ2n) is 3.31. The van der Waals surface area contributed by atoms with Crippen LogP contribution in [0.25, 0.3) is 0 Å². The van der Waals surface area contributed by atoms with Gasteiger partial charge in [0.15, 0.2) is 5.69 Å². The lowest BCUT2D eigenvalue weighted by Gasteiger charge is -2.02. The van der Waals surface area contributed by atoms with Gasteiger partial charge in [0.2, 0.25) is 5.91 Å². The van der Waals surface area contributed by atoms with Crippen LogP contribution in [-0.2, 0) is 11.3 Å². The molecule has 1 heterocycles. The van der Waals surface area contributed by atoms with Gasteiger partial charge in [0, 0.05) is 6.54 Å². The number of allylic oxidation sites excluding steroid dienone is 1. The lowest BCUT2D eigenvalue weighted by molar-refractivity contribution is -0.121. The Bertz CT molecular complexity index is 425. The number of nitrogens with one attached hydrogen (secondary N) is 1. The molecule has 0 fully saturated rings. The van der Waals surface area contributed by atoms with Crippen LogP contribution >= 0.6 is 0 Å². The van der Waals surface area contributed by atoms with Crippen molar-refractivity contribution < 1.29 is 14.7 Å². The zero-order valence-corrected chi connectivity index (χ0v) is 9.46. The number of carbonyl (C=O) groups is 2. The summed E-state index contributed by atoms with van der Waals surface area (Å²) in [7, 11) is 0. The molecule has 1 aromatic heterocycles. The first-order valence-corrected chi connectivity index (χ1v) is 5.14. The minimum atomic E-state index is -1.16. The lowest BCUT2D eigenvalue weighted by Crippen LogP contribution is -2.28. The van der Waals surface area contributed by atoms with Crippen LogP contribution in [0.5, 0.6) is 0 Å². The summed E-state index contributed by atoms with van der Waals surface area (Å²) in [4.78, 5) is 21.9. The fraction of sp³-hybridized carbons (Fsp3) is 0.400. The highest BCUT2D eigenvalue weighted by Gasteiger charge is 2.09. The van der Waals surface area contributed by atoms with Crippen LogP contribution in [0.2, 0.25) is 0 Å². The van der Waals surface area contributed by atoms with Gasteiger partial charge in [-0.3, -0.25) is 4.79 Å². The van der Waals surface area contributed by atoms with Crippen LogP contribution in [0.3, 0.4) is 0 Å². The van der Waals surface area contributed by atoms with Crippen LogP contribution in [0.4, 0.5) is 0 Å². The topological polar surface area (TPSA) is 97.1 Å². The van der Waals surface area contributed by atoms with Crippen molar-refractivity contribution in [3.05, 3.63) is 24.0 Å². The highest BCUT2D eigenvalue weighted by Crippen LogP contribution is 1.92. The second kappa shape index (κ2) is 6.41. The zero-order chi connectivity index (χ0) is 12.7. The Balaban J connectivity index is 2.37. The Morgan fingerprint density at radius 2 is 2.35 bits per heavy atom. The van der Waals surface area contributed by atoms with Crippen molar-refractivity contribution in [3.8, 4) is 0 Å². The fourth-order valence-electron chi connectivity index (χ4n) is 1.14. The molecule has 0 radical (unpaired) electrons. The summed E-state index contributed by atoms with van der Waals surface area (Å²) in [6.07, 6.45) is 5.83. The van der Waals surface area contributed by atoms with E-state index >= 15 is 0 Å². The average molecular weight is 238 g/mol. The summed E-state index contributed by atoms with van der Waals surface area (Å²) < 4.78 is 1.19. The summed E-state index contributed by atoms with van der Waals surface area (Å²) in [5, 5.41) is 18.2. The predicted molar refractivity (Wildman–Crippen MR) is 59.4 cm³/mol. The molecule has 92 valence electrons. The van der Waals surface area contributed by atoms with Gasteiger partial charge >= 0.3 is 5.97 Å². The van der Waals surface area contributed by atoms with Crippen molar-refractivity contribution in [1.82, 2.24) is 20.3 Å². The van der Waals surface area contributed by atoms with E-state index in [4.69, 9.17) is 5.11 Å². The van der Waals surface area contributed by atoms with Crippen LogP contribution in [0.15, 0.2) is 18.3 Å². The molecule has 7 nitrogen and oxygen atoms in total. The second-order valence-corrected chi connectivity index (χ2v) is 3.31. The van der Waals surface area contributed by atoms with Crippen LogP contribution < -0.4 is 5.32 Å². The average Bonchev–Trinajstić information content (AvgIpc) is 2.73. The Labute approximate surface area is 98.1 Å². The summed E-state index contributed by atoms with van der Waals surface area (Å²) in [6.45, 7) is 2.42. The first kappa shape index (κ1) is 12.9. The minimum absolute atomic E-state index is 0.0316. The molecule has 0 saturated heterocycles. The van der Waals surface area contributed by atoms with E-state index < -0.39 is 5.97 Å². The van der Waals surface area contributed by atoms with Crippen molar-refractivity contribution in [2.24, 2.45) is 0 Å². The Morgan fingerprint density at radius 1 is 1.59 bits per heavy atom. The molecular weight excluding hydrogens is 224 g/mol. The third-order valence-corrected chi connectivity index (χ3v) is 1.93. The van der Waals surface area contributed by atoms with E-state index in [0.29, 0.717) is 6.54 Å². The van der Waals surface area contributed by atoms with Gasteiger partial charge in [0.25, 0.3) is 0 Å². The number of aromatic carboxylic acids is 1. The standard InChI is InChI=1S/C10H14N4O3/c1-2-3-4-5-11-9(15)7-14-6-8(10(16)17)12-13-14/h2-3,6H,4-5,7H2,1H3,(H,11,15)(H,16,17)/b3-2+. The molecule has 1 rings (SSSR count). The van der Waals surface area contributed by atoms with E-state index in [1.807, 2.05) is 19.1 Å². The summed E-state index contributed by atoms with van der Waals surface area (Å²) in [5.41, 5.74) is -0.174. The quantitative estimate of drug-likeness (QED) is 0.539. The molecule has 7 heteroatoms. The largest absolute Gasteiger partial charge is 0.476 e. The van der Waals surface area contributed by atoms with Gasteiger partial charge in [0.1, 0.15) is 6.54 Å². The van der Waals surface area contributed by atoms with Crippen LogP contribution in [0.1, 0.15) is 23.8 Å². The molecule has 2 N–H and O–H groups in total. The molecule has 0 saturated carbocycles. The molecule has 0 aromatic carbocycles. The van der Waals surface area contributed by atoms with E-state index in [-0.39, 0.29) is 18.1 Å². The van der Waals surface area contributed by atoms with E-state index in [0.717, 1.165) is 6.42 Å². The van der Waals surface area contributed by atoms with Gasteiger partial charge in [0.05, 0.1) is 6.20 Å². The molecule has 0 bridgehead atoms. The van der Waals surface area contributed by atoms with E-state index in [9.17, 15) is 9.59 Å². The number of hydrogen-bond donors (Lipinski definition) is 2. The molecule has 0 atom stereocenters. The molecule has 0 aliphatic carbocycles. The van der Waals surface area contributed by atoms with E-state index in [2.05, 4.69) is 15.6 Å².